The molecule has 0 bridgehead atoms. The highest BCUT2D eigenvalue weighted by atomic mass is 79.9. The Bertz CT molecular complexity index is 352. The summed E-state index contributed by atoms with van der Waals surface area (Å²) in [7, 11) is 0. The first-order chi connectivity index (χ1) is 6.06. The molecule has 0 saturated heterocycles. The van der Waals surface area contributed by atoms with Crippen LogP contribution in [0.1, 0.15) is 15.9 Å². The van der Waals surface area contributed by atoms with Crippen molar-refractivity contribution in [3.8, 4) is 0 Å². The molecule has 4 heteroatoms. The number of anilines is 1. The lowest BCUT2D eigenvalue weighted by molar-refractivity contribution is 0.102. The van der Waals surface area contributed by atoms with Crippen LogP contribution in [0.5, 0.6) is 0 Å². The summed E-state index contributed by atoms with van der Waals surface area (Å²) in [6, 6.07) is 2.64. The smallest absolute Gasteiger partial charge is 0.175 e. The fourth-order valence-corrected chi connectivity index (χ4v) is 1.32. The first kappa shape index (κ1) is 10.2. The normalized spacial score (nSPS) is 10.1. The topological polar surface area (TPSA) is 43.1 Å². The number of hydrogen-bond donors (Lipinski definition) is 1. The minimum atomic E-state index is -0.404. The molecule has 13 heavy (non-hydrogen) atoms. The minimum Gasteiger partial charge on any atom is -0.398 e. The van der Waals surface area contributed by atoms with Crippen LogP contribution in [0.25, 0.3) is 0 Å². The first-order valence-corrected chi connectivity index (χ1v) is 4.83. The second-order valence-corrected chi connectivity index (χ2v) is 3.31. The van der Waals surface area contributed by atoms with E-state index in [2.05, 4.69) is 15.9 Å². The van der Waals surface area contributed by atoms with E-state index in [1.54, 1.807) is 6.92 Å². The molecule has 0 spiro atoms. The monoisotopic (exact) mass is 245 g/mol. The summed E-state index contributed by atoms with van der Waals surface area (Å²) in [5.41, 5.74) is 6.56. The van der Waals surface area contributed by atoms with E-state index < -0.39 is 5.82 Å². The molecule has 0 aliphatic rings. The van der Waals surface area contributed by atoms with E-state index in [1.165, 1.54) is 12.1 Å². The number of halogens is 2. The third kappa shape index (κ3) is 2.06. The van der Waals surface area contributed by atoms with Gasteiger partial charge in [-0.15, -0.1) is 0 Å². The zero-order chi connectivity index (χ0) is 10.0. The molecule has 0 aliphatic heterocycles. The van der Waals surface area contributed by atoms with Crippen LogP contribution >= 0.6 is 15.9 Å². The summed E-state index contributed by atoms with van der Waals surface area (Å²) in [5.74, 6) is -0.616. The highest BCUT2D eigenvalue weighted by molar-refractivity contribution is 9.09. The Labute approximate surface area is 84.1 Å². The lowest BCUT2D eigenvalue weighted by Crippen LogP contribution is -2.06. The zero-order valence-corrected chi connectivity index (χ0v) is 8.69. The quantitative estimate of drug-likeness (QED) is 0.494. The molecule has 0 fully saturated rings. The second kappa shape index (κ2) is 3.87. The van der Waals surface area contributed by atoms with Gasteiger partial charge in [-0.05, 0) is 24.6 Å². The molecule has 0 radical (unpaired) electrons. The van der Waals surface area contributed by atoms with E-state index in [1.807, 2.05) is 0 Å². The number of nitrogens with two attached hydrogens (primary N) is 1. The van der Waals surface area contributed by atoms with E-state index in [0.29, 0.717) is 11.3 Å². The number of carbonyl (C=O) groups excluding carboxylic acids is 1. The van der Waals surface area contributed by atoms with E-state index in [9.17, 15) is 9.18 Å². The zero-order valence-electron chi connectivity index (χ0n) is 7.10. The fraction of sp³-hybridized carbons (Fsp3) is 0.222. The summed E-state index contributed by atoms with van der Waals surface area (Å²) in [4.78, 5) is 11.2. The van der Waals surface area contributed by atoms with Gasteiger partial charge in [0.05, 0.1) is 5.33 Å². The highest BCUT2D eigenvalue weighted by Gasteiger charge is 2.10. The van der Waals surface area contributed by atoms with Crippen LogP contribution < -0.4 is 5.73 Å². The Kier molecular flexibility index (Phi) is 3.03. The van der Waals surface area contributed by atoms with E-state index >= 15 is 0 Å². The van der Waals surface area contributed by atoms with Crippen LogP contribution in [0.4, 0.5) is 10.1 Å². The van der Waals surface area contributed by atoms with Gasteiger partial charge in [0, 0.05) is 11.3 Å². The van der Waals surface area contributed by atoms with Gasteiger partial charge in [0.2, 0.25) is 0 Å². The average Bonchev–Trinajstić information content (AvgIpc) is 2.10. The number of rotatable bonds is 2. The number of ketones is 1. The SMILES string of the molecule is Cc1cc(N)c(C(=O)CBr)cc1F. The molecular weight excluding hydrogens is 237 g/mol. The van der Waals surface area contributed by atoms with Crippen molar-refractivity contribution in [2.45, 2.75) is 6.92 Å². The molecule has 0 amide bonds. The Morgan fingerprint density at radius 1 is 1.62 bits per heavy atom. The number of hydrogen-bond acceptors (Lipinski definition) is 2. The van der Waals surface area contributed by atoms with Gasteiger partial charge in [0.25, 0.3) is 0 Å². The highest BCUT2D eigenvalue weighted by Crippen LogP contribution is 2.18. The van der Waals surface area contributed by atoms with Crippen LogP contribution in [-0.2, 0) is 0 Å². The van der Waals surface area contributed by atoms with E-state index in [-0.39, 0.29) is 16.7 Å². The molecule has 2 nitrogen and oxygen atoms in total. The van der Waals surface area contributed by atoms with Gasteiger partial charge in [-0.3, -0.25) is 4.79 Å². The van der Waals surface area contributed by atoms with Crippen molar-refractivity contribution in [3.05, 3.63) is 29.1 Å². The van der Waals surface area contributed by atoms with Gasteiger partial charge in [-0.25, -0.2) is 4.39 Å². The summed E-state index contributed by atoms with van der Waals surface area (Å²) >= 11 is 3.00. The molecular formula is C9H9BrFNO. The Balaban J connectivity index is 3.23. The van der Waals surface area contributed by atoms with Gasteiger partial charge in [0.15, 0.2) is 5.78 Å². The second-order valence-electron chi connectivity index (χ2n) is 2.75. The fourth-order valence-electron chi connectivity index (χ4n) is 1.02. The van der Waals surface area contributed by atoms with E-state index in [0.717, 1.165) is 0 Å². The van der Waals surface area contributed by atoms with Crippen LogP contribution in [0, 0.1) is 12.7 Å². The number of Topliss-reactive ketones (excluding diaryl/α,β-unsaturated/α-hetero) is 1. The number of benzene rings is 1. The maximum atomic E-state index is 13.0. The van der Waals surface area contributed by atoms with Crippen molar-refractivity contribution in [2.75, 3.05) is 11.1 Å². The van der Waals surface area contributed by atoms with Gasteiger partial charge < -0.3 is 5.73 Å². The van der Waals surface area contributed by atoms with Crippen LogP contribution in [0.15, 0.2) is 12.1 Å². The van der Waals surface area contributed by atoms with Crippen LogP contribution in [0.3, 0.4) is 0 Å². The molecule has 1 aromatic rings. The minimum absolute atomic E-state index is 0.152. The first-order valence-electron chi connectivity index (χ1n) is 3.71. The van der Waals surface area contributed by atoms with Gasteiger partial charge in [0.1, 0.15) is 5.82 Å². The summed E-state index contributed by atoms with van der Waals surface area (Å²) in [6.45, 7) is 1.61. The average molecular weight is 246 g/mol. The lowest BCUT2D eigenvalue weighted by Gasteiger charge is -2.04. The summed E-state index contributed by atoms with van der Waals surface area (Å²) in [5, 5.41) is 0.152. The molecule has 1 aromatic carbocycles. The molecule has 0 unspecified atom stereocenters. The van der Waals surface area contributed by atoms with Crippen molar-refractivity contribution in [2.24, 2.45) is 0 Å². The van der Waals surface area contributed by atoms with Crippen molar-refractivity contribution in [3.63, 3.8) is 0 Å². The van der Waals surface area contributed by atoms with Gasteiger partial charge in [-0.1, -0.05) is 15.9 Å². The van der Waals surface area contributed by atoms with Crippen LogP contribution in [-0.4, -0.2) is 11.1 Å². The standard InChI is InChI=1S/C9H9BrFNO/c1-5-2-8(12)6(3-7(5)11)9(13)4-10/h2-3H,4,12H2,1H3. The predicted octanol–water partition coefficient (Wildman–Crippen LogP) is 2.29. The van der Waals surface area contributed by atoms with Crippen molar-refractivity contribution >= 4 is 27.4 Å². The Hall–Kier alpha value is -0.900. The summed E-state index contributed by atoms with van der Waals surface area (Å²) < 4.78 is 13.0. The molecule has 2 N–H and O–H groups in total. The molecule has 0 aliphatic carbocycles. The predicted molar refractivity (Wildman–Crippen MR) is 53.7 cm³/mol. The largest absolute Gasteiger partial charge is 0.398 e. The molecule has 0 heterocycles. The molecule has 0 aromatic heterocycles. The summed E-state index contributed by atoms with van der Waals surface area (Å²) in [6.07, 6.45) is 0. The number of aryl methyl sites for hydroxylation is 1. The number of nitrogen functional groups attached to an aromatic ring is 1. The maximum absolute atomic E-state index is 13.0. The van der Waals surface area contributed by atoms with Crippen molar-refractivity contribution in [1.29, 1.82) is 0 Å². The molecule has 70 valence electrons. The lowest BCUT2D eigenvalue weighted by atomic mass is 10.1. The van der Waals surface area contributed by atoms with Crippen molar-refractivity contribution in [1.82, 2.24) is 0 Å². The number of carbonyl (C=O) groups is 1. The van der Waals surface area contributed by atoms with Gasteiger partial charge >= 0.3 is 0 Å². The van der Waals surface area contributed by atoms with Crippen molar-refractivity contribution < 1.29 is 9.18 Å². The number of alkyl halides is 1. The van der Waals surface area contributed by atoms with E-state index in [4.69, 9.17) is 5.73 Å². The molecule has 0 saturated carbocycles. The Morgan fingerprint density at radius 2 is 2.23 bits per heavy atom. The third-order valence-electron chi connectivity index (χ3n) is 1.75. The third-order valence-corrected chi connectivity index (χ3v) is 2.26. The van der Waals surface area contributed by atoms with Gasteiger partial charge in [-0.2, -0.15) is 0 Å². The molecule has 1 rings (SSSR count). The maximum Gasteiger partial charge on any atom is 0.175 e. The molecule has 0 atom stereocenters. The van der Waals surface area contributed by atoms with Crippen LogP contribution in [0.2, 0.25) is 0 Å². The Morgan fingerprint density at radius 3 is 2.77 bits per heavy atom.